The summed E-state index contributed by atoms with van der Waals surface area (Å²) < 4.78 is 10.7. The van der Waals surface area contributed by atoms with Crippen molar-refractivity contribution in [2.45, 2.75) is 13.2 Å². The van der Waals surface area contributed by atoms with Gasteiger partial charge in [0.15, 0.2) is 11.5 Å². The van der Waals surface area contributed by atoms with Gasteiger partial charge in [-0.05, 0) is 23.8 Å². The molecule has 0 spiro atoms. The van der Waals surface area contributed by atoms with Crippen molar-refractivity contribution in [3.8, 4) is 11.5 Å². The van der Waals surface area contributed by atoms with Gasteiger partial charge in [0.05, 0.1) is 20.8 Å². The molecule has 106 valence electrons. The summed E-state index contributed by atoms with van der Waals surface area (Å²) in [5.74, 6) is 1.47. The van der Waals surface area contributed by atoms with E-state index in [0.717, 1.165) is 28.3 Å². The lowest BCUT2D eigenvalue weighted by Gasteiger charge is -2.13. The van der Waals surface area contributed by atoms with Crippen LogP contribution in [-0.4, -0.2) is 19.3 Å². The van der Waals surface area contributed by atoms with Gasteiger partial charge in [-0.15, -0.1) is 0 Å². The highest BCUT2D eigenvalue weighted by Crippen LogP contribution is 2.31. The maximum Gasteiger partial charge on any atom is 0.165 e. The Morgan fingerprint density at radius 3 is 2.35 bits per heavy atom. The van der Waals surface area contributed by atoms with Crippen LogP contribution in [0.3, 0.4) is 0 Å². The number of methoxy groups -OCH3 is 2. The molecule has 4 heteroatoms. The highest BCUT2D eigenvalue weighted by atomic mass is 16.5. The topological polar surface area (TPSA) is 50.7 Å². The maximum atomic E-state index is 9.01. The van der Waals surface area contributed by atoms with Gasteiger partial charge in [-0.1, -0.05) is 24.3 Å². The smallest absolute Gasteiger partial charge is 0.165 e. The zero-order valence-electron chi connectivity index (χ0n) is 11.7. The standard InChI is InChI=1S/C16H19NO3/c1-19-15-5-3-4-13(16(15)20-2)10-17-14-8-6-12(11-18)7-9-14/h3-9,17-18H,10-11H2,1-2H3. The number of rotatable bonds is 6. The minimum Gasteiger partial charge on any atom is -0.493 e. The summed E-state index contributed by atoms with van der Waals surface area (Å²) in [6.45, 7) is 0.697. The number of anilines is 1. The van der Waals surface area contributed by atoms with E-state index in [1.165, 1.54) is 0 Å². The van der Waals surface area contributed by atoms with Crippen molar-refractivity contribution in [1.29, 1.82) is 0 Å². The van der Waals surface area contributed by atoms with Crippen LogP contribution in [0.4, 0.5) is 5.69 Å². The number of benzene rings is 2. The number of ether oxygens (including phenoxy) is 2. The predicted octanol–water partition coefficient (Wildman–Crippen LogP) is 2.81. The van der Waals surface area contributed by atoms with Crippen LogP contribution < -0.4 is 14.8 Å². The minimum absolute atomic E-state index is 0.0595. The third-order valence-electron chi connectivity index (χ3n) is 3.10. The molecule has 0 aliphatic carbocycles. The van der Waals surface area contributed by atoms with E-state index >= 15 is 0 Å². The van der Waals surface area contributed by atoms with Gasteiger partial charge in [0.2, 0.25) is 0 Å². The molecule has 4 nitrogen and oxygen atoms in total. The molecule has 0 aliphatic rings. The third-order valence-corrected chi connectivity index (χ3v) is 3.10. The summed E-state index contributed by atoms with van der Waals surface area (Å²) in [6.07, 6.45) is 0. The molecule has 20 heavy (non-hydrogen) atoms. The van der Waals surface area contributed by atoms with Crippen molar-refractivity contribution < 1.29 is 14.6 Å². The fraction of sp³-hybridized carbons (Fsp3) is 0.250. The quantitative estimate of drug-likeness (QED) is 0.849. The Labute approximate surface area is 119 Å². The van der Waals surface area contributed by atoms with Gasteiger partial charge in [-0.3, -0.25) is 0 Å². The average molecular weight is 273 g/mol. The molecule has 0 heterocycles. The first-order chi connectivity index (χ1) is 9.78. The highest BCUT2D eigenvalue weighted by molar-refractivity contribution is 5.50. The third kappa shape index (κ3) is 3.22. The first-order valence-corrected chi connectivity index (χ1v) is 6.42. The second-order valence-electron chi connectivity index (χ2n) is 4.36. The Balaban J connectivity index is 2.10. The summed E-state index contributed by atoms with van der Waals surface area (Å²) in [7, 11) is 3.26. The Morgan fingerprint density at radius 2 is 1.75 bits per heavy atom. The molecule has 0 unspecified atom stereocenters. The van der Waals surface area contributed by atoms with E-state index in [9.17, 15) is 0 Å². The Morgan fingerprint density at radius 1 is 1.00 bits per heavy atom. The van der Waals surface area contributed by atoms with Gasteiger partial charge < -0.3 is 19.9 Å². The number of aliphatic hydroxyl groups is 1. The van der Waals surface area contributed by atoms with Crippen LogP contribution in [-0.2, 0) is 13.2 Å². The van der Waals surface area contributed by atoms with Crippen molar-refractivity contribution in [3.63, 3.8) is 0 Å². The second kappa shape index (κ2) is 6.82. The van der Waals surface area contributed by atoms with Crippen LogP contribution in [0.15, 0.2) is 42.5 Å². The number of para-hydroxylation sites is 1. The molecule has 0 fully saturated rings. The molecule has 2 N–H and O–H groups in total. The molecule has 0 saturated carbocycles. The van der Waals surface area contributed by atoms with E-state index in [1.54, 1.807) is 14.2 Å². The first kappa shape index (κ1) is 14.2. The van der Waals surface area contributed by atoms with Crippen molar-refractivity contribution in [2.24, 2.45) is 0 Å². The van der Waals surface area contributed by atoms with E-state index in [-0.39, 0.29) is 6.61 Å². The van der Waals surface area contributed by atoms with Crippen molar-refractivity contribution in [2.75, 3.05) is 19.5 Å². The zero-order valence-corrected chi connectivity index (χ0v) is 11.7. The van der Waals surface area contributed by atoms with Gasteiger partial charge in [-0.25, -0.2) is 0 Å². The Bertz CT molecular complexity index is 552. The molecule has 2 aromatic rings. The minimum atomic E-state index is 0.0595. The van der Waals surface area contributed by atoms with E-state index < -0.39 is 0 Å². The average Bonchev–Trinajstić information content (AvgIpc) is 2.52. The van der Waals surface area contributed by atoms with E-state index in [0.29, 0.717) is 6.54 Å². The normalized spacial score (nSPS) is 10.2. The lowest BCUT2D eigenvalue weighted by molar-refractivity contribution is 0.282. The summed E-state index contributed by atoms with van der Waals surface area (Å²) in [5, 5.41) is 12.3. The fourth-order valence-corrected chi connectivity index (χ4v) is 2.02. The molecule has 0 saturated heterocycles. The SMILES string of the molecule is COc1cccc(CNc2ccc(CO)cc2)c1OC. The molecular weight excluding hydrogens is 254 g/mol. The van der Waals surface area contributed by atoms with Crippen molar-refractivity contribution in [1.82, 2.24) is 0 Å². The number of hydrogen-bond acceptors (Lipinski definition) is 4. The van der Waals surface area contributed by atoms with E-state index in [4.69, 9.17) is 14.6 Å². The Kier molecular flexibility index (Phi) is 4.85. The molecule has 0 amide bonds. The van der Waals surface area contributed by atoms with E-state index in [2.05, 4.69) is 5.32 Å². The molecule has 2 rings (SSSR count). The molecule has 0 bridgehead atoms. The number of hydrogen-bond donors (Lipinski definition) is 2. The van der Waals surface area contributed by atoms with Crippen LogP contribution in [0.1, 0.15) is 11.1 Å². The van der Waals surface area contributed by atoms with Crippen LogP contribution in [0, 0.1) is 0 Å². The van der Waals surface area contributed by atoms with Crippen LogP contribution in [0.5, 0.6) is 11.5 Å². The molecule has 0 aliphatic heterocycles. The number of aliphatic hydroxyl groups excluding tert-OH is 1. The lowest BCUT2D eigenvalue weighted by atomic mass is 10.1. The lowest BCUT2D eigenvalue weighted by Crippen LogP contribution is -2.03. The largest absolute Gasteiger partial charge is 0.493 e. The predicted molar refractivity (Wildman–Crippen MR) is 79.2 cm³/mol. The molecule has 2 aromatic carbocycles. The van der Waals surface area contributed by atoms with Crippen molar-refractivity contribution >= 4 is 5.69 Å². The summed E-state index contributed by atoms with van der Waals surface area (Å²) in [6, 6.07) is 13.5. The van der Waals surface area contributed by atoms with Crippen molar-refractivity contribution in [3.05, 3.63) is 53.6 Å². The monoisotopic (exact) mass is 273 g/mol. The summed E-state index contributed by atoms with van der Waals surface area (Å²) >= 11 is 0. The van der Waals surface area contributed by atoms with Gasteiger partial charge >= 0.3 is 0 Å². The maximum absolute atomic E-state index is 9.01. The van der Waals surface area contributed by atoms with Gasteiger partial charge in [0.1, 0.15) is 0 Å². The summed E-state index contributed by atoms with van der Waals surface area (Å²) in [5.41, 5.74) is 2.92. The second-order valence-corrected chi connectivity index (χ2v) is 4.36. The zero-order chi connectivity index (χ0) is 14.4. The fourth-order valence-electron chi connectivity index (χ4n) is 2.02. The molecular formula is C16H19NO3. The Hall–Kier alpha value is -2.20. The molecule has 0 aromatic heterocycles. The molecule has 0 atom stereocenters. The van der Waals surface area contributed by atoms with Crippen LogP contribution in [0.25, 0.3) is 0 Å². The van der Waals surface area contributed by atoms with Gasteiger partial charge in [0, 0.05) is 17.8 Å². The molecule has 0 radical (unpaired) electrons. The van der Waals surface area contributed by atoms with E-state index in [1.807, 2.05) is 42.5 Å². The van der Waals surface area contributed by atoms with Crippen LogP contribution in [0.2, 0.25) is 0 Å². The summed E-state index contributed by atoms with van der Waals surface area (Å²) in [4.78, 5) is 0. The van der Waals surface area contributed by atoms with Crippen LogP contribution >= 0.6 is 0 Å². The number of nitrogens with one attached hydrogen (secondary N) is 1. The first-order valence-electron chi connectivity index (χ1n) is 6.42. The van der Waals surface area contributed by atoms with Gasteiger partial charge in [-0.2, -0.15) is 0 Å². The highest BCUT2D eigenvalue weighted by Gasteiger charge is 2.08. The van der Waals surface area contributed by atoms with Gasteiger partial charge in [0.25, 0.3) is 0 Å².